The first-order valence-corrected chi connectivity index (χ1v) is 8.00. The molecule has 1 saturated heterocycles. The summed E-state index contributed by atoms with van der Waals surface area (Å²) >= 11 is 1.38. The number of fused-ring (bicyclic) bond motifs is 1. The summed E-state index contributed by atoms with van der Waals surface area (Å²) in [6.07, 6.45) is 3.46. The number of hydrogen-bond donors (Lipinski definition) is 1. The molecule has 1 N–H and O–H groups in total. The minimum atomic E-state index is -0.388. The van der Waals surface area contributed by atoms with Gasteiger partial charge in [-0.1, -0.05) is 11.3 Å². The number of nitro groups is 1. The molecule has 3 rings (SSSR count). The highest BCUT2D eigenvalue weighted by atomic mass is 32.1. The summed E-state index contributed by atoms with van der Waals surface area (Å²) in [5.41, 5.74) is -0.0663. The molecule has 1 fully saturated rings. The molecular formula is C13H19N5O3S. The Bertz CT molecular complexity index is 674. The first-order valence-electron chi connectivity index (χ1n) is 7.12. The number of aromatic nitrogens is 2. The number of thiazole rings is 1. The van der Waals surface area contributed by atoms with Crippen LogP contribution in [0.1, 0.15) is 12.8 Å². The largest absolute Gasteiger partial charge is 0.381 e. The van der Waals surface area contributed by atoms with Crippen LogP contribution >= 0.6 is 11.3 Å². The fourth-order valence-corrected chi connectivity index (χ4v) is 3.56. The number of anilines is 1. The van der Waals surface area contributed by atoms with E-state index in [0.29, 0.717) is 30.5 Å². The van der Waals surface area contributed by atoms with E-state index < -0.39 is 0 Å². The SMILES string of the molecule is CN(C)C1(CNc2nc3sccn3c2[N+](=O)[O-])CCOCC1. The topological polar surface area (TPSA) is 84.9 Å². The van der Waals surface area contributed by atoms with Gasteiger partial charge in [0.2, 0.25) is 5.82 Å². The van der Waals surface area contributed by atoms with Gasteiger partial charge < -0.3 is 25.1 Å². The molecular weight excluding hydrogens is 306 g/mol. The number of imidazole rings is 1. The van der Waals surface area contributed by atoms with Crippen LogP contribution in [0.3, 0.4) is 0 Å². The van der Waals surface area contributed by atoms with Crippen LogP contribution in [0.25, 0.3) is 4.96 Å². The highest BCUT2D eigenvalue weighted by molar-refractivity contribution is 7.15. The van der Waals surface area contributed by atoms with Crippen LogP contribution in [0.5, 0.6) is 0 Å². The Morgan fingerprint density at radius 3 is 2.91 bits per heavy atom. The minimum Gasteiger partial charge on any atom is -0.381 e. The lowest BCUT2D eigenvalue weighted by atomic mass is 9.88. The molecule has 8 nitrogen and oxygen atoms in total. The first kappa shape index (κ1) is 15.2. The summed E-state index contributed by atoms with van der Waals surface area (Å²) in [7, 11) is 4.07. The molecule has 1 aliphatic heterocycles. The van der Waals surface area contributed by atoms with Crippen molar-refractivity contribution >= 4 is 27.9 Å². The monoisotopic (exact) mass is 325 g/mol. The number of ether oxygens (including phenoxy) is 1. The third kappa shape index (κ3) is 2.55. The first-order chi connectivity index (χ1) is 10.5. The zero-order chi connectivity index (χ0) is 15.7. The fourth-order valence-electron chi connectivity index (χ4n) is 2.85. The number of rotatable bonds is 5. The van der Waals surface area contributed by atoms with Crippen molar-refractivity contribution in [1.82, 2.24) is 14.3 Å². The van der Waals surface area contributed by atoms with E-state index in [0.717, 1.165) is 12.8 Å². The van der Waals surface area contributed by atoms with Crippen molar-refractivity contribution in [2.45, 2.75) is 18.4 Å². The van der Waals surface area contributed by atoms with Crippen molar-refractivity contribution in [1.29, 1.82) is 0 Å². The van der Waals surface area contributed by atoms with Crippen molar-refractivity contribution in [3.8, 4) is 0 Å². The molecule has 9 heteroatoms. The van der Waals surface area contributed by atoms with Gasteiger partial charge in [0.05, 0.1) is 0 Å². The van der Waals surface area contributed by atoms with Crippen molar-refractivity contribution in [2.24, 2.45) is 0 Å². The van der Waals surface area contributed by atoms with Crippen molar-refractivity contribution in [3.63, 3.8) is 0 Å². The predicted molar refractivity (Wildman–Crippen MR) is 84.7 cm³/mol. The Morgan fingerprint density at radius 1 is 1.55 bits per heavy atom. The molecule has 0 spiro atoms. The molecule has 22 heavy (non-hydrogen) atoms. The molecule has 1 aliphatic rings. The van der Waals surface area contributed by atoms with Crippen molar-refractivity contribution < 1.29 is 9.66 Å². The van der Waals surface area contributed by atoms with Gasteiger partial charge in [-0.05, 0) is 31.9 Å². The van der Waals surface area contributed by atoms with E-state index in [-0.39, 0.29) is 16.3 Å². The van der Waals surface area contributed by atoms with E-state index in [1.54, 1.807) is 11.6 Å². The van der Waals surface area contributed by atoms with Crippen LogP contribution in [-0.4, -0.2) is 58.6 Å². The highest BCUT2D eigenvalue weighted by Gasteiger charge is 2.36. The summed E-state index contributed by atoms with van der Waals surface area (Å²) in [6, 6.07) is 0. The van der Waals surface area contributed by atoms with Gasteiger partial charge >= 0.3 is 5.82 Å². The maximum atomic E-state index is 11.3. The summed E-state index contributed by atoms with van der Waals surface area (Å²) in [5, 5.41) is 16.3. The molecule has 0 unspecified atom stereocenters. The van der Waals surface area contributed by atoms with E-state index in [1.807, 2.05) is 14.1 Å². The molecule has 0 aromatic carbocycles. The van der Waals surface area contributed by atoms with E-state index in [4.69, 9.17) is 4.74 Å². The van der Waals surface area contributed by atoms with Crippen molar-refractivity contribution in [3.05, 3.63) is 21.7 Å². The normalized spacial score (nSPS) is 18.0. The van der Waals surface area contributed by atoms with E-state index in [2.05, 4.69) is 15.2 Å². The molecule has 0 radical (unpaired) electrons. The predicted octanol–water partition coefficient (Wildman–Crippen LogP) is 1.83. The van der Waals surface area contributed by atoms with Gasteiger partial charge in [0, 0.05) is 30.7 Å². The number of likely N-dealkylation sites (N-methyl/N-ethyl adjacent to an activating group) is 1. The molecule has 120 valence electrons. The molecule has 0 amide bonds. The molecule has 2 aromatic rings. The Balaban J connectivity index is 1.85. The number of nitrogens with zero attached hydrogens (tertiary/aromatic N) is 4. The molecule has 0 aliphatic carbocycles. The standard InChI is InChI=1S/C13H19N5O3S/c1-16(2)13(3-6-21-7-4-13)9-14-10-11(18(19)20)17-5-8-22-12(17)15-10/h5,8,14H,3-4,6-7,9H2,1-2H3. The van der Waals surface area contributed by atoms with Gasteiger partial charge in [0.15, 0.2) is 0 Å². The van der Waals surface area contributed by atoms with Crippen LogP contribution in [0.4, 0.5) is 11.6 Å². The molecule has 0 saturated carbocycles. The minimum absolute atomic E-state index is 0.00258. The van der Waals surface area contributed by atoms with Gasteiger partial charge in [-0.25, -0.2) is 0 Å². The third-order valence-corrected chi connectivity index (χ3v) is 5.12. The lowest BCUT2D eigenvalue weighted by molar-refractivity contribution is -0.389. The summed E-state index contributed by atoms with van der Waals surface area (Å²) in [6.45, 7) is 2.02. The van der Waals surface area contributed by atoms with Crippen LogP contribution in [-0.2, 0) is 4.74 Å². The van der Waals surface area contributed by atoms with Gasteiger partial charge in [-0.2, -0.15) is 9.38 Å². The summed E-state index contributed by atoms with van der Waals surface area (Å²) in [4.78, 5) is 18.1. The maximum absolute atomic E-state index is 11.3. The van der Waals surface area contributed by atoms with Gasteiger partial charge in [-0.3, -0.25) is 0 Å². The zero-order valence-corrected chi connectivity index (χ0v) is 13.4. The lowest BCUT2D eigenvalue weighted by Gasteiger charge is -2.42. The van der Waals surface area contributed by atoms with Gasteiger partial charge in [-0.15, -0.1) is 0 Å². The number of hydrogen-bond acceptors (Lipinski definition) is 7. The van der Waals surface area contributed by atoms with Gasteiger partial charge in [0.1, 0.15) is 6.20 Å². The Morgan fingerprint density at radius 2 is 2.27 bits per heavy atom. The zero-order valence-electron chi connectivity index (χ0n) is 12.6. The van der Waals surface area contributed by atoms with Crippen LogP contribution in [0.15, 0.2) is 11.6 Å². The Hall–Kier alpha value is -1.71. The lowest BCUT2D eigenvalue weighted by Crippen LogP contribution is -2.53. The molecule has 0 bridgehead atoms. The number of nitrogens with one attached hydrogen (secondary N) is 1. The molecule has 2 aromatic heterocycles. The average Bonchev–Trinajstić information content (AvgIpc) is 3.05. The maximum Gasteiger partial charge on any atom is 0.372 e. The molecule has 3 heterocycles. The second-order valence-electron chi connectivity index (χ2n) is 5.68. The van der Waals surface area contributed by atoms with E-state index in [9.17, 15) is 10.1 Å². The fraction of sp³-hybridized carbons (Fsp3) is 0.615. The van der Waals surface area contributed by atoms with Crippen LogP contribution in [0, 0.1) is 10.1 Å². The van der Waals surface area contributed by atoms with Crippen LogP contribution in [0.2, 0.25) is 0 Å². The summed E-state index contributed by atoms with van der Waals surface area (Å²) in [5.74, 6) is 0.335. The average molecular weight is 325 g/mol. The quantitative estimate of drug-likeness (QED) is 0.667. The van der Waals surface area contributed by atoms with Gasteiger partial charge in [0.25, 0.3) is 4.96 Å². The van der Waals surface area contributed by atoms with Crippen LogP contribution < -0.4 is 5.32 Å². The van der Waals surface area contributed by atoms with E-state index in [1.165, 1.54) is 15.7 Å². The molecule has 0 atom stereocenters. The Labute approximate surface area is 131 Å². The summed E-state index contributed by atoms with van der Waals surface area (Å²) < 4.78 is 6.96. The highest BCUT2D eigenvalue weighted by Crippen LogP contribution is 2.31. The Kier molecular flexibility index (Phi) is 4.02. The smallest absolute Gasteiger partial charge is 0.372 e. The second-order valence-corrected chi connectivity index (χ2v) is 6.55. The second kappa shape index (κ2) is 5.82. The third-order valence-electron chi connectivity index (χ3n) is 4.37. The van der Waals surface area contributed by atoms with E-state index >= 15 is 0 Å². The van der Waals surface area contributed by atoms with Crippen molar-refractivity contribution in [2.75, 3.05) is 39.2 Å².